The van der Waals surface area contributed by atoms with Crippen molar-refractivity contribution in [3.8, 4) is 0 Å². The molecule has 0 heterocycles. The van der Waals surface area contributed by atoms with E-state index < -0.39 is 0 Å². The topological polar surface area (TPSA) is 81.8 Å². The van der Waals surface area contributed by atoms with Crippen molar-refractivity contribution >= 4 is 12.2 Å². The van der Waals surface area contributed by atoms with Crippen LogP contribution in [0.1, 0.15) is 0 Å². The van der Waals surface area contributed by atoms with Crippen LogP contribution >= 0.6 is 0 Å². The Kier molecular flexibility index (Phi) is 10500. The largest absolute Gasteiger partial charge is 0.269 e. The number of hydrogen-bond acceptors (Lipinski definition) is 4. The Bertz CT molecular complexity index is 73.3. The van der Waals surface area contributed by atoms with Gasteiger partial charge in [0.15, 0.2) is 0 Å². The molecule has 0 saturated carbocycles. The molecule has 0 atom stereocenters. The maximum Gasteiger partial charge on any atom is 0.231 e. The Balaban J connectivity index is -0.00000000571. The molecule has 0 aromatic rings. The highest BCUT2D eigenvalue weighted by atomic mass is 19.0. The standard InChI is InChI=1S/2CHNO.4FH/c2*2-1-3;;;;/h2*2H;4*1H. The van der Waals surface area contributed by atoms with Gasteiger partial charge in [-0.1, -0.05) is 0 Å². The molecule has 0 unspecified atom stereocenters. The number of carbonyl (C=O) groups excluding carboxylic acids is 2. The number of nitrogens with one attached hydrogen (secondary N) is 2. The average molecular weight is 166 g/mol. The van der Waals surface area contributed by atoms with Gasteiger partial charge in [0.2, 0.25) is 12.2 Å². The molecule has 0 fully saturated rings. The number of halogens is 4. The number of rotatable bonds is 0. The molecule has 0 aromatic heterocycles. The van der Waals surface area contributed by atoms with Gasteiger partial charge >= 0.3 is 0 Å². The fourth-order valence-corrected chi connectivity index (χ4v) is 0. The highest BCUT2D eigenvalue weighted by molar-refractivity contribution is 5.26. The van der Waals surface area contributed by atoms with E-state index >= 15 is 0 Å². The molecule has 0 aliphatic heterocycles. The molecule has 0 aliphatic rings. The summed E-state index contributed by atoms with van der Waals surface area (Å²) in [6, 6.07) is 0. The van der Waals surface area contributed by atoms with Crippen molar-refractivity contribution < 1.29 is 28.4 Å². The first-order valence-corrected chi connectivity index (χ1v) is 0.908. The van der Waals surface area contributed by atoms with Crippen LogP contribution in [0.4, 0.5) is 18.8 Å². The normalized spacial score (nSPS) is 1.60. The smallest absolute Gasteiger partial charge is 0.231 e. The van der Waals surface area contributed by atoms with E-state index in [0.29, 0.717) is 0 Å². The predicted molar refractivity (Wildman–Crippen MR) is 26.8 cm³/mol. The molecule has 10 heavy (non-hydrogen) atoms. The lowest BCUT2D eigenvalue weighted by molar-refractivity contribution is 0.562. The lowest BCUT2D eigenvalue weighted by Crippen LogP contribution is -1.16. The Morgan fingerprint density at radius 1 is 0.700 bits per heavy atom. The Labute approximate surface area is 52.7 Å². The Morgan fingerprint density at radius 3 is 0.700 bits per heavy atom. The van der Waals surface area contributed by atoms with E-state index in [2.05, 4.69) is 0 Å². The third-order valence-corrected chi connectivity index (χ3v) is 0. The summed E-state index contributed by atoms with van der Waals surface area (Å²) in [7, 11) is 0. The molecule has 64 valence electrons. The van der Waals surface area contributed by atoms with Crippen LogP contribution in [0.3, 0.4) is 0 Å². The van der Waals surface area contributed by atoms with E-state index in [4.69, 9.17) is 20.4 Å². The first kappa shape index (κ1) is 77.1. The molecular formula is C2H6F4N2O2. The zero-order valence-electron chi connectivity index (χ0n) is 4.45. The molecule has 0 radical (unpaired) electrons. The van der Waals surface area contributed by atoms with Crippen LogP contribution in [0.15, 0.2) is 0 Å². The van der Waals surface area contributed by atoms with Gasteiger partial charge in [0.25, 0.3) is 0 Å². The molecule has 4 nitrogen and oxygen atoms in total. The molecule has 0 spiro atoms. The van der Waals surface area contributed by atoms with Crippen LogP contribution < -0.4 is 0 Å². The summed E-state index contributed by atoms with van der Waals surface area (Å²) < 4.78 is 0. The van der Waals surface area contributed by atoms with Crippen molar-refractivity contribution in [2.24, 2.45) is 0 Å². The van der Waals surface area contributed by atoms with Crippen LogP contribution in [-0.2, 0) is 9.59 Å². The average Bonchev–Trinajstić information content (AvgIpc) is 1.39. The first-order valence-electron chi connectivity index (χ1n) is 0.908. The van der Waals surface area contributed by atoms with Crippen molar-refractivity contribution in [1.29, 1.82) is 10.8 Å². The minimum atomic E-state index is 0. The highest BCUT2D eigenvalue weighted by Gasteiger charge is 1.04. The minimum Gasteiger partial charge on any atom is -0.269 e. The molecule has 0 saturated heterocycles. The van der Waals surface area contributed by atoms with Crippen LogP contribution in [-0.4, -0.2) is 12.2 Å². The predicted octanol–water partition coefficient (Wildman–Crippen LogP) is 0.412. The summed E-state index contributed by atoms with van der Waals surface area (Å²) in [6.45, 7) is 0. The van der Waals surface area contributed by atoms with Gasteiger partial charge in [0.05, 0.1) is 0 Å². The molecule has 2 N–H and O–H groups in total. The monoisotopic (exact) mass is 166 g/mol. The summed E-state index contributed by atoms with van der Waals surface area (Å²) in [5.41, 5.74) is 0. The van der Waals surface area contributed by atoms with E-state index in [1.807, 2.05) is 0 Å². The van der Waals surface area contributed by atoms with Crippen LogP contribution in [0, 0.1) is 10.8 Å². The Hall–Kier alpha value is -1.52. The van der Waals surface area contributed by atoms with Crippen molar-refractivity contribution in [1.82, 2.24) is 0 Å². The molecule has 0 bridgehead atoms. The second kappa shape index (κ2) is 1360. The van der Waals surface area contributed by atoms with Gasteiger partial charge in [-0.3, -0.25) is 18.8 Å². The van der Waals surface area contributed by atoms with E-state index in [0.717, 1.165) is 12.2 Å². The maximum absolute atomic E-state index is 8.35. The van der Waals surface area contributed by atoms with E-state index in [-0.39, 0.29) is 18.8 Å². The zero-order chi connectivity index (χ0) is 5.41. The first-order chi connectivity index (χ1) is 2.83. The summed E-state index contributed by atoms with van der Waals surface area (Å²) >= 11 is 0. The van der Waals surface area contributed by atoms with Gasteiger partial charge in [-0.2, -0.15) is 0 Å². The quantitative estimate of drug-likeness (QED) is 0.310. The molecule has 0 amide bonds. The molecule has 0 aliphatic carbocycles. The van der Waals surface area contributed by atoms with Gasteiger partial charge in [0.1, 0.15) is 0 Å². The lowest BCUT2D eigenvalue weighted by Gasteiger charge is -1.02. The molecule has 0 rings (SSSR count). The second-order valence-electron chi connectivity index (χ2n) is 0.204. The molecule has 0 aromatic carbocycles. The lowest BCUT2D eigenvalue weighted by atomic mass is 11.7. The van der Waals surface area contributed by atoms with E-state index in [1.54, 1.807) is 0 Å². The number of hydrogen-bond donors (Lipinski definition) is 2. The number of isocyanates is 2. The SMILES string of the molecule is F.F.F.F.N=C=O.N=C=O. The van der Waals surface area contributed by atoms with Crippen molar-refractivity contribution in [2.45, 2.75) is 0 Å². The third-order valence-electron chi connectivity index (χ3n) is 0. The fourth-order valence-electron chi connectivity index (χ4n) is 0. The third kappa shape index (κ3) is 84.2. The van der Waals surface area contributed by atoms with E-state index in [9.17, 15) is 0 Å². The van der Waals surface area contributed by atoms with Crippen molar-refractivity contribution in [3.63, 3.8) is 0 Å². The molecule has 8 heteroatoms. The molecular weight excluding hydrogens is 160 g/mol. The fraction of sp³-hybridized carbons (Fsp3) is 0. The van der Waals surface area contributed by atoms with Gasteiger partial charge in [-0.15, -0.1) is 0 Å². The Morgan fingerprint density at radius 2 is 0.700 bits per heavy atom. The van der Waals surface area contributed by atoms with Crippen LogP contribution in [0.2, 0.25) is 0 Å². The minimum absolute atomic E-state index is 0. The van der Waals surface area contributed by atoms with Crippen LogP contribution in [0.5, 0.6) is 0 Å². The maximum atomic E-state index is 8.35. The second-order valence-corrected chi connectivity index (χ2v) is 0.204. The van der Waals surface area contributed by atoms with Gasteiger partial charge in [-0.25, -0.2) is 20.4 Å². The van der Waals surface area contributed by atoms with Gasteiger partial charge in [0, 0.05) is 0 Å². The van der Waals surface area contributed by atoms with Gasteiger partial charge < -0.3 is 0 Å². The summed E-state index contributed by atoms with van der Waals surface area (Å²) in [5, 5.41) is 10.8. The van der Waals surface area contributed by atoms with Crippen molar-refractivity contribution in [2.75, 3.05) is 0 Å². The van der Waals surface area contributed by atoms with Gasteiger partial charge in [-0.05, 0) is 0 Å². The highest BCUT2D eigenvalue weighted by Crippen LogP contribution is 0.871. The summed E-state index contributed by atoms with van der Waals surface area (Å²) in [4.78, 5) is 16.7. The van der Waals surface area contributed by atoms with E-state index in [1.165, 1.54) is 0 Å². The van der Waals surface area contributed by atoms with Crippen LogP contribution in [0.25, 0.3) is 0 Å². The summed E-state index contributed by atoms with van der Waals surface area (Å²) in [5.74, 6) is 0. The zero-order valence-corrected chi connectivity index (χ0v) is 4.45. The van der Waals surface area contributed by atoms with Crippen molar-refractivity contribution in [3.05, 3.63) is 0 Å². The summed E-state index contributed by atoms with van der Waals surface area (Å²) in [6.07, 6.45) is 1.50.